The van der Waals surface area contributed by atoms with Crippen LogP contribution in [-0.2, 0) is 9.47 Å². The Kier molecular flexibility index (Phi) is 8.44. The maximum atomic E-state index is 11.6. The number of carbonyl (C=O) groups is 2. The van der Waals surface area contributed by atoms with E-state index in [4.69, 9.17) is 44.3 Å². The molecule has 33 heavy (non-hydrogen) atoms. The molecule has 4 rings (SSSR count). The van der Waals surface area contributed by atoms with Crippen molar-refractivity contribution in [2.24, 2.45) is 0 Å². The minimum Gasteiger partial charge on any atom is -0.462 e. The zero-order chi connectivity index (χ0) is 24.0. The zero-order valence-corrected chi connectivity index (χ0v) is 20.0. The van der Waals surface area contributed by atoms with Gasteiger partial charge in [-0.05, 0) is 56.3 Å². The monoisotopic (exact) mass is 504 g/mol. The van der Waals surface area contributed by atoms with E-state index in [1.54, 1.807) is 50.2 Å². The third-order valence-corrected chi connectivity index (χ3v) is 5.29. The highest BCUT2D eigenvalue weighted by Crippen LogP contribution is 2.28. The molecule has 9 heteroatoms. The van der Waals surface area contributed by atoms with Gasteiger partial charge in [0.25, 0.3) is 0 Å². The van der Waals surface area contributed by atoms with E-state index in [0.717, 1.165) is 10.9 Å². The van der Waals surface area contributed by atoms with E-state index in [0.29, 0.717) is 44.7 Å². The van der Waals surface area contributed by atoms with Crippen molar-refractivity contribution in [2.45, 2.75) is 13.8 Å². The molecule has 0 aliphatic heterocycles. The van der Waals surface area contributed by atoms with E-state index in [2.05, 4.69) is 9.97 Å². The third-order valence-electron chi connectivity index (χ3n) is 4.41. The summed E-state index contributed by atoms with van der Waals surface area (Å²) in [6.07, 6.45) is 2.92. The Hall–Kier alpha value is -2.93. The summed E-state index contributed by atoms with van der Waals surface area (Å²) >= 11 is 17.9. The van der Waals surface area contributed by atoms with Gasteiger partial charge < -0.3 is 9.47 Å². The number of carbonyl (C=O) groups excluding carboxylic acids is 2. The molecule has 170 valence electrons. The second kappa shape index (κ2) is 11.3. The van der Waals surface area contributed by atoms with Gasteiger partial charge in [-0.1, -0.05) is 34.8 Å². The topological polar surface area (TPSA) is 78.4 Å². The molecule has 2 heterocycles. The highest BCUT2D eigenvalue weighted by Gasteiger charge is 2.15. The van der Waals surface area contributed by atoms with E-state index < -0.39 is 5.97 Å². The van der Waals surface area contributed by atoms with Gasteiger partial charge >= 0.3 is 11.9 Å². The lowest BCUT2D eigenvalue weighted by Gasteiger charge is -2.06. The van der Waals surface area contributed by atoms with Crippen LogP contribution in [0.3, 0.4) is 0 Å². The molecule has 2 aromatic carbocycles. The minimum atomic E-state index is -0.480. The number of halogens is 3. The Morgan fingerprint density at radius 1 is 0.788 bits per heavy atom. The van der Waals surface area contributed by atoms with Gasteiger partial charge in [0.05, 0.1) is 40.4 Å². The summed E-state index contributed by atoms with van der Waals surface area (Å²) in [5, 5.41) is 2.95. The number of esters is 2. The Morgan fingerprint density at radius 2 is 1.39 bits per heavy atom. The van der Waals surface area contributed by atoms with Crippen molar-refractivity contribution in [1.82, 2.24) is 9.97 Å². The molecule has 0 N–H and O–H groups in total. The molecule has 0 unspecified atom stereocenters. The van der Waals surface area contributed by atoms with Crippen molar-refractivity contribution in [3.8, 4) is 0 Å². The summed E-state index contributed by atoms with van der Waals surface area (Å²) in [4.78, 5) is 31.4. The second-order valence-electron chi connectivity index (χ2n) is 6.65. The Morgan fingerprint density at radius 3 is 2.09 bits per heavy atom. The molecule has 0 fully saturated rings. The van der Waals surface area contributed by atoms with Crippen molar-refractivity contribution >= 4 is 68.5 Å². The summed E-state index contributed by atoms with van der Waals surface area (Å²) in [6, 6.07) is 12.2. The smallest absolute Gasteiger partial charge is 0.341 e. The van der Waals surface area contributed by atoms with Crippen LogP contribution in [0.1, 0.15) is 34.6 Å². The molecule has 0 aliphatic carbocycles. The average Bonchev–Trinajstić information content (AvgIpc) is 2.80. The first-order valence-corrected chi connectivity index (χ1v) is 11.1. The predicted molar refractivity (Wildman–Crippen MR) is 130 cm³/mol. The molecule has 0 saturated carbocycles. The molecular formula is C24H19Cl3N2O4. The molecule has 2 aromatic heterocycles. The maximum Gasteiger partial charge on any atom is 0.341 e. The van der Waals surface area contributed by atoms with Gasteiger partial charge in [0, 0.05) is 33.2 Å². The first kappa shape index (κ1) is 24.7. The third kappa shape index (κ3) is 6.11. The number of hydrogen-bond acceptors (Lipinski definition) is 6. The Balaban J connectivity index is 0.000000186. The van der Waals surface area contributed by atoms with Crippen molar-refractivity contribution in [3.63, 3.8) is 0 Å². The van der Waals surface area contributed by atoms with Crippen LogP contribution in [-0.4, -0.2) is 35.1 Å². The van der Waals surface area contributed by atoms with Gasteiger partial charge in [-0.2, -0.15) is 0 Å². The van der Waals surface area contributed by atoms with Gasteiger partial charge in [0.2, 0.25) is 0 Å². The SMILES string of the molecule is CCOC(=O)c1cnc2ccc(Cl)cc2c1.CCOC(=O)c1cnc2ccc(Cl)cc2c1Cl. The number of fused-ring (bicyclic) bond motifs is 2. The van der Waals surface area contributed by atoms with E-state index in [-0.39, 0.29) is 11.5 Å². The molecule has 0 atom stereocenters. The van der Waals surface area contributed by atoms with Gasteiger partial charge in [-0.3, -0.25) is 9.97 Å². The summed E-state index contributed by atoms with van der Waals surface area (Å²) in [6.45, 7) is 4.15. The van der Waals surface area contributed by atoms with Gasteiger partial charge in [-0.25, -0.2) is 9.59 Å². The highest BCUT2D eigenvalue weighted by molar-refractivity contribution is 6.39. The van der Waals surface area contributed by atoms with Crippen molar-refractivity contribution in [2.75, 3.05) is 13.2 Å². The largest absolute Gasteiger partial charge is 0.462 e. The fraction of sp³-hybridized carbons (Fsp3) is 0.167. The standard InChI is InChI=1S/C12H9Cl2NO2.C12H10ClNO2/c1-2-17-12(16)9-6-15-10-4-3-7(13)5-8(10)11(9)14;1-2-16-12(15)9-5-8-6-10(13)3-4-11(8)14-7-9/h3-6H,2H2,1H3;3-7H,2H2,1H3. The highest BCUT2D eigenvalue weighted by atomic mass is 35.5. The van der Waals surface area contributed by atoms with Crippen molar-refractivity contribution in [3.05, 3.63) is 81.1 Å². The molecule has 0 bridgehead atoms. The maximum absolute atomic E-state index is 11.6. The van der Waals surface area contributed by atoms with Crippen molar-refractivity contribution < 1.29 is 19.1 Å². The lowest BCUT2D eigenvalue weighted by Crippen LogP contribution is -2.06. The predicted octanol–water partition coefficient (Wildman–Crippen LogP) is 6.78. The molecule has 0 spiro atoms. The summed E-state index contributed by atoms with van der Waals surface area (Å²) < 4.78 is 9.79. The van der Waals surface area contributed by atoms with Crippen LogP contribution in [0, 0.1) is 0 Å². The Bertz CT molecular complexity index is 1330. The quantitative estimate of drug-likeness (QED) is 0.284. The van der Waals surface area contributed by atoms with Crippen LogP contribution in [0.2, 0.25) is 15.1 Å². The number of rotatable bonds is 4. The fourth-order valence-electron chi connectivity index (χ4n) is 2.91. The first-order chi connectivity index (χ1) is 15.8. The molecule has 0 aliphatic rings. The fourth-order valence-corrected chi connectivity index (χ4v) is 3.54. The summed E-state index contributed by atoms with van der Waals surface area (Å²) in [5.41, 5.74) is 2.18. The molecule has 0 radical (unpaired) electrons. The molecule has 6 nitrogen and oxygen atoms in total. The molecular weight excluding hydrogens is 487 g/mol. The van der Waals surface area contributed by atoms with Gasteiger partial charge in [0.15, 0.2) is 0 Å². The molecule has 0 amide bonds. The van der Waals surface area contributed by atoms with Crippen LogP contribution in [0.25, 0.3) is 21.8 Å². The first-order valence-electron chi connectivity index (χ1n) is 9.97. The van der Waals surface area contributed by atoms with Crippen LogP contribution in [0.15, 0.2) is 54.9 Å². The lowest BCUT2D eigenvalue weighted by atomic mass is 10.1. The minimum absolute atomic E-state index is 0.253. The van der Waals surface area contributed by atoms with Gasteiger partial charge in [0.1, 0.15) is 0 Å². The summed E-state index contributed by atoms with van der Waals surface area (Å²) in [5.74, 6) is -0.844. The van der Waals surface area contributed by atoms with Crippen molar-refractivity contribution in [1.29, 1.82) is 0 Å². The van der Waals surface area contributed by atoms with Crippen LogP contribution >= 0.6 is 34.8 Å². The number of aromatic nitrogens is 2. The van der Waals surface area contributed by atoms with Crippen LogP contribution in [0.5, 0.6) is 0 Å². The number of benzene rings is 2. The second-order valence-corrected chi connectivity index (χ2v) is 7.90. The molecule has 4 aromatic rings. The summed E-state index contributed by atoms with van der Waals surface area (Å²) in [7, 11) is 0. The van der Waals surface area contributed by atoms with Crippen LogP contribution in [0.4, 0.5) is 0 Å². The van der Waals surface area contributed by atoms with E-state index in [1.165, 1.54) is 12.4 Å². The molecule has 0 saturated heterocycles. The number of hydrogen-bond donors (Lipinski definition) is 0. The van der Waals surface area contributed by atoms with E-state index in [9.17, 15) is 9.59 Å². The number of ether oxygens (including phenoxy) is 2. The zero-order valence-electron chi connectivity index (χ0n) is 17.8. The number of pyridine rings is 2. The normalized spacial score (nSPS) is 10.5. The lowest BCUT2D eigenvalue weighted by molar-refractivity contribution is 0.0516. The van der Waals surface area contributed by atoms with E-state index in [1.807, 2.05) is 6.07 Å². The van der Waals surface area contributed by atoms with Gasteiger partial charge in [-0.15, -0.1) is 0 Å². The van der Waals surface area contributed by atoms with Crippen LogP contribution < -0.4 is 0 Å². The number of nitrogens with zero attached hydrogens (tertiary/aromatic N) is 2. The Labute approximate surface area is 205 Å². The average molecular weight is 506 g/mol. The van der Waals surface area contributed by atoms with E-state index >= 15 is 0 Å².